The number of H-pyrrole nitrogens is 1. The van der Waals surface area contributed by atoms with Gasteiger partial charge in [0.2, 0.25) is 11.8 Å². The lowest BCUT2D eigenvalue weighted by Gasteiger charge is -2.31. The lowest BCUT2D eigenvalue weighted by molar-refractivity contribution is -0.137. The molecular weight excluding hydrogens is 639 g/mol. The summed E-state index contributed by atoms with van der Waals surface area (Å²) in [5.41, 5.74) is 0.717. The molecule has 8 nitrogen and oxygen atoms in total. The molecule has 0 saturated carbocycles. The number of aryl methyl sites for hydroxylation is 1. The number of hydrogen-bond donors (Lipinski definition) is 2. The number of carbonyl (C=O) groups excluding carboxylic acids is 3. The van der Waals surface area contributed by atoms with E-state index in [1.165, 1.54) is 24.3 Å². The highest BCUT2D eigenvalue weighted by molar-refractivity contribution is 8.00. The molecule has 3 atom stereocenters. The van der Waals surface area contributed by atoms with E-state index in [0.29, 0.717) is 21.2 Å². The summed E-state index contributed by atoms with van der Waals surface area (Å²) in [5.74, 6) is -3.75. The Morgan fingerprint density at radius 2 is 1.80 bits per heavy atom. The molecule has 0 bridgehead atoms. The van der Waals surface area contributed by atoms with Gasteiger partial charge in [0, 0.05) is 27.1 Å². The quantitative estimate of drug-likeness (QED) is 0.238. The molecule has 0 spiro atoms. The number of alkyl halides is 3. The Hall–Kier alpha value is -4.07. The highest BCUT2D eigenvalue weighted by Crippen LogP contribution is 2.55. The van der Waals surface area contributed by atoms with E-state index in [2.05, 4.69) is 10.3 Å². The molecule has 0 aliphatic carbocycles. The van der Waals surface area contributed by atoms with E-state index in [9.17, 15) is 32.3 Å². The van der Waals surface area contributed by atoms with Crippen LogP contribution in [-0.2, 0) is 20.6 Å². The van der Waals surface area contributed by atoms with Gasteiger partial charge < -0.3 is 15.0 Å². The van der Waals surface area contributed by atoms with Gasteiger partial charge in [-0.15, -0.1) is 0 Å². The van der Waals surface area contributed by atoms with Crippen molar-refractivity contribution in [2.45, 2.75) is 29.3 Å². The van der Waals surface area contributed by atoms with E-state index in [1.807, 2.05) is 19.1 Å². The van der Waals surface area contributed by atoms with Crippen LogP contribution in [0.3, 0.4) is 0 Å². The van der Waals surface area contributed by atoms with Crippen molar-refractivity contribution < 1.29 is 32.3 Å². The van der Waals surface area contributed by atoms with Gasteiger partial charge in [-0.2, -0.15) is 13.2 Å². The summed E-state index contributed by atoms with van der Waals surface area (Å²) in [6.07, 6.45) is -4.69. The van der Waals surface area contributed by atoms with Gasteiger partial charge in [-0.1, -0.05) is 58.5 Å². The van der Waals surface area contributed by atoms with Crippen LogP contribution in [0.2, 0.25) is 5.02 Å². The summed E-state index contributed by atoms with van der Waals surface area (Å²) in [4.78, 5) is 56.3. The maximum absolute atomic E-state index is 14.0. The minimum absolute atomic E-state index is 0.189. The zero-order valence-corrected chi connectivity index (χ0v) is 25.0. The number of hydrogen-bond acceptors (Lipinski definition) is 7. The number of carbonyl (C=O) groups is 3. The second-order valence-corrected chi connectivity index (χ2v) is 12.8. The number of rotatable bonds is 6. The van der Waals surface area contributed by atoms with Crippen molar-refractivity contribution in [1.29, 1.82) is 0 Å². The van der Waals surface area contributed by atoms with Crippen molar-refractivity contribution in [3.8, 4) is 5.75 Å². The molecule has 3 amide bonds. The molecule has 0 radical (unpaired) electrons. The molecular formula is C30H21ClF3N3O5S2. The number of halogens is 4. The first-order valence-electron chi connectivity index (χ1n) is 13.1. The molecule has 3 aromatic carbocycles. The summed E-state index contributed by atoms with van der Waals surface area (Å²) in [6.45, 7) is 1.51. The van der Waals surface area contributed by atoms with Gasteiger partial charge in [0.15, 0.2) is 6.61 Å². The predicted molar refractivity (Wildman–Crippen MR) is 161 cm³/mol. The van der Waals surface area contributed by atoms with Gasteiger partial charge in [0.25, 0.3) is 5.91 Å². The number of ether oxygens (including phenoxy) is 1. The molecule has 1 saturated heterocycles. The maximum Gasteiger partial charge on any atom is 0.416 e. The molecule has 2 aliphatic heterocycles. The third kappa shape index (κ3) is 5.62. The number of thiazole rings is 1. The van der Waals surface area contributed by atoms with Crippen molar-refractivity contribution in [2.75, 3.05) is 16.8 Å². The standard InChI is InChI=1S/C30H21ClF3N3O5S2/c1-14-5-8-17(9-6-14)35-21(38)13-42-20-10-7-16(31)12-19(20)22-23-25(43-26-24(22)44-29(41)36-26)28(40)37(27(23)39)18-4-2-3-15(11-18)30(32,33)34/h2-12,22-23,25H,13H2,1H3,(H,35,38)(H,36,41)/t22-,23-,25+/m0/s1. The van der Waals surface area contributed by atoms with Crippen LogP contribution in [0.25, 0.3) is 0 Å². The number of aromatic amines is 1. The smallest absolute Gasteiger partial charge is 0.416 e. The summed E-state index contributed by atoms with van der Waals surface area (Å²) in [5, 5.41) is 2.30. The zero-order chi connectivity index (χ0) is 31.3. The average Bonchev–Trinajstić information content (AvgIpc) is 3.47. The number of nitrogens with one attached hydrogen (secondary N) is 2. The number of fused-ring (bicyclic) bond motifs is 2. The third-order valence-electron chi connectivity index (χ3n) is 7.26. The molecule has 6 rings (SSSR count). The van der Waals surface area contributed by atoms with Gasteiger partial charge in [-0.25, -0.2) is 4.90 Å². The van der Waals surface area contributed by atoms with Crippen molar-refractivity contribution in [3.63, 3.8) is 0 Å². The Kier molecular flexibility index (Phi) is 7.80. The molecule has 3 heterocycles. The number of imide groups is 1. The Bertz CT molecular complexity index is 1860. The number of thioether (sulfide) groups is 1. The minimum Gasteiger partial charge on any atom is -0.483 e. The summed E-state index contributed by atoms with van der Waals surface area (Å²) in [7, 11) is 0. The topological polar surface area (TPSA) is 109 Å². The number of anilines is 2. The van der Waals surface area contributed by atoms with Gasteiger partial charge >= 0.3 is 11.0 Å². The second kappa shape index (κ2) is 11.5. The fourth-order valence-corrected chi connectivity index (χ4v) is 7.99. The van der Waals surface area contributed by atoms with Gasteiger partial charge in [0.05, 0.1) is 22.2 Å². The number of amides is 3. The van der Waals surface area contributed by atoms with Crippen LogP contribution >= 0.6 is 34.7 Å². The average molecular weight is 660 g/mol. The van der Waals surface area contributed by atoms with Crippen molar-refractivity contribution in [2.24, 2.45) is 5.92 Å². The Morgan fingerprint density at radius 1 is 1.05 bits per heavy atom. The lowest BCUT2D eigenvalue weighted by Crippen LogP contribution is -2.32. The highest BCUT2D eigenvalue weighted by Gasteiger charge is 2.57. The van der Waals surface area contributed by atoms with Crippen LogP contribution in [0.4, 0.5) is 24.5 Å². The van der Waals surface area contributed by atoms with Crippen LogP contribution in [0.5, 0.6) is 5.75 Å². The number of aromatic nitrogens is 1. The molecule has 44 heavy (non-hydrogen) atoms. The van der Waals surface area contributed by atoms with Crippen LogP contribution in [0.1, 0.15) is 27.5 Å². The van der Waals surface area contributed by atoms with Crippen LogP contribution in [0.15, 0.2) is 76.6 Å². The van der Waals surface area contributed by atoms with E-state index in [0.717, 1.165) is 51.8 Å². The normalized spacial score (nSPS) is 19.5. The van der Waals surface area contributed by atoms with E-state index >= 15 is 0 Å². The Labute approximate surface area is 261 Å². The van der Waals surface area contributed by atoms with Crippen molar-refractivity contribution in [1.82, 2.24) is 4.98 Å². The maximum atomic E-state index is 14.0. The van der Waals surface area contributed by atoms with Crippen LogP contribution in [0, 0.1) is 12.8 Å². The monoisotopic (exact) mass is 659 g/mol. The molecule has 2 aliphatic rings. The van der Waals surface area contributed by atoms with E-state index in [4.69, 9.17) is 16.3 Å². The SMILES string of the molecule is Cc1ccc(NC(=O)COc2ccc(Cl)cc2[C@@H]2c3sc(=O)[nH]c3S[C@H]3C(=O)N(c4cccc(C(F)(F)F)c4)C(=O)[C@@H]23)cc1. The molecule has 4 aromatic rings. The Morgan fingerprint density at radius 3 is 2.52 bits per heavy atom. The Balaban J connectivity index is 1.36. The molecule has 14 heteroatoms. The third-order valence-corrected chi connectivity index (χ3v) is 9.89. The molecule has 2 N–H and O–H groups in total. The van der Waals surface area contributed by atoms with Crippen molar-refractivity contribution in [3.05, 3.63) is 103 Å². The van der Waals surface area contributed by atoms with Gasteiger partial charge in [-0.05, 0) is 55.5 Å². The van der Waals surface area contributed by atoms with Crippen molar-refractivity contribution >= 4 is 63.8 Å². The molecule has 0 unspecified atom stereocenters. The van der Waals surface area contributed by atoms with E-state index in [-0.39, 0.29) is 16.5 Å². The second-order valence-electron chi connectivity index (χ2n) is 10.2. The highest BCUT2D eigenvalue weighted by atomic mass is 35.5. The predicted octanol–water partition coefficient (Wildman–Crippen LogP) is 6.23. The van der Waals surface area contributed by atoms with Crippen LogP contribution < -0.4 is 19.8 Å². The van der Waals surface area contributed by atoms with Crippen LogP contribution in [-0.4, -0.2) is 34.6 Å². The summed E-state index contributed by atoms with van der Waals surface area (Å²) in [6, 6.07) is 15.8. The van der Waals surface area contributed by atoms with Gasteiger partial charge in [0.1, 0.15) is 11.0 Å². The fraction of sp³-hybridized carbons (Fsp3) is 0.200. The lowest BCUT2D eigenvalue weighted by atomic mass is 9.82. The number of nitrogens with zero attached hydrogens (tertiary/aromatic N) is 1. The van der Waals surface area contributed by atoms with Gasteiger partial charge in [-0.3, -0.25) is 19.2 Å². The largest absolute Gasteiger partial charge is 0.483 e. The minimum atomic E-state index is -4.69. The fourth-order valence-electron chi connectivity index (χ4n) is 5.30. The first-order valence-corrected chi connectivity index (χ1v) is 15.2. The number of benzene rings is 3. The van der Waals surface area contributed by atoms with E-state index in [1.54, 1.807) is 12.1 Å². The van der Waals surface area contributed by atoms with E-state index < -0.39 is 58.0 Å². The summed E-state index contributed by atoms with van der Waals surface area (Å²) >= 11 is 8.20. The molecule has 226 valence electrons. The first kappa shape index (κ1) is 30.0. The summed E-state index contributed by atoms with van der Waals surface area (Å²) < 4.78 is 46.3. The first-order chi connectivity index (χ1) is 20.9. The zero-order valence-electron chi connectivity index (χ0n) is 22.6. The molecule has 1 fully saturated rings. The molecule has 1 aromatic heterocycles.